The Morgan fingerprint density at radius 3 is 1.73 bits per heavy atom. The lowest BCUT2D eigenvalue weighted by atomic mass is 9.85. The molecule has 26 heavy (non-hydrogen) atoms. The van der Waals surface area contributed by atoms with Gasteiger partial charge in [0.15, 0.2) is 0 Å². The van der Waals surface area contributed by atoms with Crippen LogP contribution in [-0.4, -0.2) is 0 Å². The summed E-state index contributed by atoms with van der Waals surface area (Å²) in [6, 6.07) is 29.3. The maximum Gasteiger partial charge on any atom is -0.00988 e. The molecular formula is C26H22. The summed E-state index contributed by atoms with van der Waals surface area (Å²) in [6.07, 6.45) is 0. The van der Waals surface area contributed by atoms with Gasteiger partial charge in [-0.1, -0.05) is 87.5 Å². The van der Waals surface area contributed by atoms with Crippen molar-refractivity contribution in [1.29, 1.82) is 0 Å². The number of rotatable bonds is 0. The van der Waals surface area contributed by atoms with E-state index in [0.29, 0.717) is 0 Å². The van der Waals surface area contributed by atoms with E-state index in [-0.39, 0.29) is 5.41 Å². The van der Waals surface area contributed by atoms with Crippen LogP contribution in [0, 0.1) is 0 Å². The third-order valence-corrected chi connectivity index (χ3v) is 5.57. The van der Waals surface area contributed by atoms with Crippen LogP contribution in [0.2, 0.25) is 0 Å². The first-order valence-electron chi connectivity index (χ1n) is 9.29. The van der Waals surface area contributed by atoms with Gasteiger partial charge in [0.05, 0.1) is 0 Å². The van der Waals surface area contributed by atoms with Crippen molar-refractivity contribution < 1.29 is 0 Å². The monoisotopic (exact) mass is 334 g/mol. The molecule has 5 aromatic carbocycles. The van der Waals surface area contributed by atoms with Gasteiger partial charge in [0.25, 0.3) is 0 Å². The SMILES string of the molecule is CC(C)(C)c1ccc2c(ccc3cc4ccc5ccccc5c4cc32)c1. The highest BCUT2D eigenvalue weighted by Crippen LogP contribution is 2.34. The average Bonchev–Trinajstić information content (AvgIpc) is 2.65. The van der Waals surface area contributed by atoms with Crippen LogP contribution in [0.4, 0.5) is 0 Å². The van der Waals surface area contributed by atoms with Crippen molar-refractivity contribution in [2.45, 2.75) is 26.2 Å². The number of fused-ring (bicyclic) bond motifs is 6. The molecule has 0 aliphatic carbocycles. The van der Waals surface area contributed by atoms with E-state index < -0.39 is 0 Å². The first-order chi connectivity index (χ1) is 12.5. The zero-order valence-corrected chi connectivity index (χ0v) is 15.5. The lowest BCUT2D eigenvalue weighted by Gasteiger charge is -2.20. The molecule has 0 amide bonds. The molecule has 0 atom stereocenters. The molecule has 0 fully saturated rings. The lowest BCUT2D eigenvalue weighted by molar-refractivity contribution is 0.591. The van der Waals surface area contributed by atoms with E-state index >= 15 is 0 Å². The van der Waals surface area contributed by atoms with Crippen molar-refractivity contribution in [3.05, 3.63) is 84.4 Å². The minimum atomic E-state index is 0.169. The van der Waals surface area contributed by atoms with Gasteiger partial charge in [-0.2, -0.15) is 0 Å². The Labute approximate surface area is 154 Å². The smallest absolute Gasteiger partial charge is 0.00988 e. The molecule has 0 spiro atoms. The minimum absolute atomic E-state index is 0.169. The van der Waals surface area contributed by atoms with Gasteiger partial charge < -0.3 is 0 Å². The summed E-state index contributed by atoms with van der Waals surface area (Å²) in [5, 5.41) is 10.6. The van der Waals surface area contributed by atoms with Gasteiger partial charge in [0, 0.05) is 0 Å². The molecule has 0 nitrogen and oxygen atoms in total. The molecule has 0 bridgehead atoms. The Morgan fingerprint density at radius 2 is 1.04 bits per heavy atom. The van der Waals surface area contributed by atoms with Gasteiger partial charge >= 0.3 is 0 Å². The Morgan fingerprint density at radius 1 is 0.462 bits per heavy atom. The summed E-state index contributed by atoms with van der Waals surface area (Å²) in [6.45, 7) is 6.82. The molecule has 0 radical (unpaired) electrons. The second-order valence-corrected chi connectivity index (χ2v) is 8.33. The van der Waals surface area contributed by atoms with Crippen LogP contribution in [0.1, 0.15) is 26.3 Å². The van der Waals surface area contributed by atoms with E-state index in [2.05, 4.69) is 99.6 Å². The highest BCUT2D eigenvalue weighted by atomic mass is 14.2. The van der Waals surface area contributed by atoms with Crippen molar-refractivity contribution in [2.75, 3.05) is 0 Å². The molecular weight excluding hydrogens is 312 g/mol. The van der Waals surface area contributed by atoms with Gasteiger partial charge in [-0.25, -0.2) is 0 Å². The van der Waals surface area contributed by atoms with Crippen LogP contribution in [0.5, 0.6) is 0 Å². The minimum Gasteiger partial charge on any atom is -0.0616 e. The molecule has 0 heterocycles. The van der Waals surface area contributed by atoms with E-state index in [9.17, 15) is 0 Å². The molecule has 126 valence electrons. The van der Waals surface area contributed by atoms with Gasteiger partial charge in [0.1, 0.15) is 0 Å². The van der Waals surface area contributed by atoms with Crippen LogP contribution in [0.15, 0.2) is 78.9 Å². The van der Waals surface area contributed by atoms with Gasteiger partial charge in [-0.15, -0.1) is 0 Å². The quantitative estimate of drug-likeness (QED) is 0.202. The van der Waals surface area contributed by atoms with Crippen molar-refractivity contribution >= 4 is 43.1 Å². The van der Waals surface area contributed by atoms with Crippen molar-refractivity contribution in [1.82, 2.24) is 0 Å². The standard InChI is InChI=1S/C26H22/c1-26(2,3)21-12-13-23-20(15-21)11-10-19-14-18-9-8-17-6-4-5-7-22(17)24(18)16-25(19)23/h4-16H,1-3H3. The Bertz CT molecular complexity index is 1300. The third-order valence-electron chi connectivity index (χ3n) is 5.57. The summed E-state index contributed by atoms with van der Waals surface area (Å²) >= 11 is 0. The molecule has 0 saturated carbocycles. The number of hydrogen-bond donors (Lipinski definition) is 0. The zero-order valence-electron chi connectivity index (χ0n) is 15.5. The fraction of sp³-hybridized carbons (Fsp3) is 0.154. The molecule has 0 heteroatoms. The predicted octanol–water partition coefficient (Wildman–Crippen LogP) is 7.60. The second-order valence-electron chi connectivity index (χ2n) is 8.33. The van der Waals surface area contributed by atoms with E-state index in [1.54, 1.807) is 0 Å². The lowest BCUT2D eigenvalue weighted by Crippen LogP contribution is -2.10. The summed E-state index contributed by atoms with van der Waals surface area (Å²) in [5.41, 5.74) is 1.55. The molecule has 5 aromatic rings. The Balaban J connectivity index is 1.90. The number of hydrogen-bond acceptors (Lipinski definition) is 0. The fourth-order valence-corrected chi connectivity index (χ4v) is 4.04. The van der Waals surface area contributed by atoms with Crippen LogP contribution >= 0.6 is 0 Å². The average molecular weight is 334 g/mol. The van der Waals surface area contributed by atoms with Gasteiger partial charge in [0.2, 0.25) is 0 Å². The van der Waals surface area contributed by atoms with Crippen molar-refractivity contribution in [3.63, 3.8) is 0 Å². The second kappa shape index (κ2) is 5.32. The molecule has 5 rings (SSSR count). The highest BCUT2D eigenvalue weighted by Gasteiger charge is 2.14. The topological polar surface area (TPSA) is 0 Å². The van der Waals surface area contributed by atoms with E-state index in [0.717, 1.165) is 0 Å². The van der Waals surface area contributed by atoms with Gasteiger partial charge in [-0.05, 0) is 66.2 Å². The van der Waals surface area contributed by atoms with E-state index in [1.165, 1.54) is 48.7 Å². The molecule has 0 aliphatic rings. The summed E-state index contributed by atoms with van der Waals surface area (Å²) in [4.78, 5) is 0. The normalized spacial score (nSPS) is 12.4. The largest absolute Gasteiger partial charge is 0.0616 e. The van der Waals surface area contributed by atoms with Crippen LogP contribution in [-0.2, 0) is 5.41 Å². The number of benzene rings is 5. The van der Waals surface area contributed by atoms with Crippen molar-refractivity contribution in [3.8, 4) is 0 Å². The maximum atomic E-state index is 2.38. The Hall–Kier alpha value is -2.86. The molecule has 0 aromatic heterocycles. The first-order valence-corrected chi connectivity index (χ1v) is 9.29. The third kappa shape index (κ3) is 2.29. The molecule has 0 unspecified atom stereocenters. The summed E-state index contributed by atoms with van der Waals surface area (Å²) < 4.78 is 0. The first kappa shape index (κ1) is 15.4. The summed E-state index contributed by atoms with van der Waals surface area (Å²) in [7, 11) is 0. The van der Waals surface area contributed by atoms with Crippen LogP contribution in [0.3, 0.4) is 0 Å². The zero-order chi connectivity index (χ0) is 17.9. The molecule has 0 aliphatic heterocycles. The summed E-state index contributed by atoms with van der Waals surface area (Å²) in [5.74, 6) is 0. The molecule has 0 saturated heterocycles. The van der Waals surface area contributed by atoms with E-state index in [4.69, 9.17) is 0 Å². The Kier molecular flexibility index (Phi) is 3.15. The van der Waals surface area contributed by atoms with E-state index in [1.807, 2.05) is 0 Å². The fourth-order valence-electron chi connectivity index (χ4n) is 4.04. The molecule has 0 N–H and O–H groups in total. The van der Waals surface area contributed by atoms with Gasteiger partial charge in [-0.3, -0.25) is 0 Å². The highest BCUT2D eigenvalue weighted by molar-refractivity contribution is 6.17. The predicted molar refractivity (Wildman–Crippen MR) is 115 cm³/mol. The van der Waals surface area contributed by atoms with Crippen LogP contribution < -0.4 is 0 Å². The van der Waals surface area contributed by atoms with Crippen molar-refractivity contribution in [2.24, 2.45) is 0 Å². The maximum absolute atomic E-state index is 2.38. The van der Waals surface area contributed by atoms with Crippen LogP contribution in [0.25, 0.3) is 43.1 Å².